The average molecular weight is 326 g/mol. The number of hydrogen-bond donors (Lipinski definition) is 1. The van der Waals surface area contributed by atoms with Crippen LogP contribution in [0.15, 0.2) is 22.7 Å². The van der Waals surface area contributed by atoms with Gasteiger partial charge in [-0.3, -0.25) is 0 Å². The first-order chi connectivity index (χ1) is 9.13. The van der Waals surface area contributed by atoms with Gasteiger partial charge < -0.3 is 10.1 Å². The number of rotatable bonds is 6. The molecule has 0 saturated heterocycles. The van der Waals surface area contributed by atoms with Crippen molar-refractivity contribution in [1.29, 1.82) is 0 Å². The summed E-state index contributed by atoms with van der Waals surface area (Å²) in [7, 11) is 0. The van der Waals surface area contributed by atoms with Crippen LogP contribution in [0.5, 0.6) is 5.75 Å². The Kier molecular flexibility index (Phi) is 5.28. The molecule has 19 heavy (non-hydrogen) atoms. The quantitative estimate of drug-likeness (QED) is 0.821. The van der Waals surface area contributed by atoms with Crippen LogP contribution in [-0.2, 0) is 6.54 Å². The summed E-state index contributed by atoms with van der Waals surface area (Å²) in [5, 5.41) is 3.72. The van der Waals surface area contributed by atoms with E-state index in [-0.39, 0.29) is 0 Å². The number of halogens is 1. The molecule has 0 atom stereocenters. The van der Waals surface area contributed by atoms with Gasteiger partial charge in [-0.1, -0.05) is 35.7 Å². The molecule has 1 N–H and O–H groups in total. The van der Waals surface area contributed by atoms with Crippen molar-refractivity contribution in [3.8, 4) is 5.75 Å². The van der Waals surface area contributed by atoms with E-state index in [0.29, 0.717) is 5.54 Å². The third-order valence-electron chi connectivity index (χ3n) is 3.90. The Labute approximate surface area is 125 Å². The van der Waals surface area contributed by atoms with Gasteiger partial charge in [-0.2, -0.15) is 0 Å². The summed E-state index contributed by atoms with van der Waals surface area (Å²) in [5.41, 5.74) is 1.56. The molecule has 0 radical (unpaired) electrons. The fraction of sp³-hybridized carbons (Fsp3) is 0.625. The van der Waals surface area contributed by atoms with Gasteiger partial charge >= 0.3 is 0 Å². The summed E-state index contributed by atoms with van der Waals surface area (Å²) in [4.78, 5) is 0. The van der Waals surface area contributed by atoms with E-state index in [9.17, 15) is 0 Å². The SMILES string of the molecule is CCCOc1ccc(Br)cc1CNC1(C)CCCC1. The van der Waals surface area contributed by atoms with Gasteiger partial charge in [0.25, 0.3) is 0 Å². The molecule has 0 unspecified atom stereocenters. The standard InChI is InChI=1S/C16H24BrNO/c1-3-10-19-15-7-6-14(17)11-13(15)12-18-16(2)8-4-5-9-16/h6-7,11,18H,3-5,8-10,12H2,1-2H3. The van der Waals surface area contributed by atoms with Gasteiger partial charge in [-0.25, -0.2) is 0 Å². The first kappa shape index (κ1) is 14.9. The van der Waals surface area contributed by atoms with Gasteiger partial charge in [0.1, 0.15) is 5.75 Å². The van der Waals surface area contributed by atoms with E-state index in [1.54, 1.807) is 0 Å². The molecule has 3 heteroatoms. The fourth-order valence-electron chi connectivity index (χ4n) is 2.68. The van der Waals surface area contributed by atoms with E-state index in [0.717, 1.165) is 29.8 Å². The van der Waals surface area contributed by atoms with Crippen LogP contribution >= 0.6 is 15.9 Å². The average Bonchev–Trinajstić information content (AvgIpc) is 2.83. The summed E-state index contributed by atoms with van der Waals surface area (Å²) in [6.45, 7) is 6.14. The molecular weight excluding hydrogens is 302 g/mol. The molecular formula is C16H24BrNO. The summed E-state index contributed by atoms with van der Waals surface area (Å²) in [5.74, 6) is 1.01. The first-order valence-corrected chi connectivity index (χ1v) is 8.08. The third kappa shape index (κ3) is 4.22. The van der Waals surface area contributed by atoms with Crippen molar-refractivity contribution in [1.82, 2.24) is 5.32 Å². The van der Waals surface area contributed by atoms with E-state index in [4.69, 9.17) is 4.74 Å². The summed E-state index contributed by atoms with van der Waals surface area (Å²) >= 11 is 3.55. The van der Waals surface area contributed by atoms with Gasteiger partial charge in [-0.05, 0) is 44.4 Å². The third-order valence-corrected chi connectivity index (χ3v) is 4.39. The van der Waals surface area contributed by atoms with Crippen LogP contribution in [0.1, 0.15) is 51.5 Å². The predicted molar refractivity (Wildman–Crippen MR) is 83.6 cm³/mol. The van der Waals surface area contributed by atoms with Gasteiger partial charge in [0, 0.05) is 22.1 Å². The van der Waals surface area contributed by atoms with E-state index in [2.05, 4.69) is 47.2 Å². The lowest BCUT2D eigenvalue weighted by Gasteiger charge is -2.26. The largest absolute Gasteiger partial charge is 0.493 e. The smallest absolute Gasteiger partial charge is 0.123 e. The molecule has 0 aromatic heterocycles. The zero-order chi connectivity index (χ0) is 13.7. The Morgan fingerprint density at radius 1 is 1.32 bits per heavy atom. The Morgan fingerprint density at radius 2 is 2.05 bits per heavy atom. The molecule has 0 bridgehead atoms. The number of ether oxygens (including phenoxy) is 1. The molecule has 106 valence electrons. The van der Waals surface area contributed by atoms with E-state index >= 15 is 0 Å². The van der Waals surface area contributed by atoms with E-state index < -0.39 is 0 Å². The fourth-order valence-corrected chi connectivity index (χ4v) is 3.09. The van der Waals surface area contributed by atoms with Crippen LogP contribution in [0.3, 0.4) is 0 Å². The Balaban J connectivity index is 2.02. The zero-order valence-corrected chi connectivity index (χ0v) is 13.6. The highest BCUT2D eigenvalue weighted by atomic mass is 79.9. The number of nitrogens with one attached hydrogen (secondary N) is 1. The van der Waals surface area contributed by atoms with Gasteiger partial charge in [0.05, 0.1) is 6.61 Å². The van der Waals surface area contributed by atoms with Crippen LogP contribution < -0.4 is 10.1 Å². The highest BCUT2D eigenvalue weighted by Gasteiger charge is 2.27. The molecule has 1 aliphatic carbocycles. The van der Waals surface area contributed by atoms with Crippen molar-refractivity contribution in [3.05, 3.63) is 28.2 Å². The van der Waals surface area contributed by atoms with Gasteiger partial charge in [-0.15, -0.1) is 0 Å². The molecule has 1 aromatic carbocycles. The van der Waals surface area contributed by atoms with Crippen LogP contribution in [0, 0.1) is 0 Å². The molecule has 0 heterocycles. The van der Waals surface area contributed by atoms with E-state index in [1.165, 1.54) is 31.2 Å². The second-order valence-corrected chi connectivity index (χ2v) is 6.64. The molecule has 2 nitrogen and oxygen atoms in total. The Morgan fingerprint density at radius 3 is 2.74 bits per heavy atom. The topological polar surface area (TPSA) is 21.3 Å². The van der Waals surface area contributed by atoms with Crippen molar-refractivity contribution < 1.29 is 4.74 Å². The minimum absolute atomic E-state index is 0.310. The highest BCUT2D eigenvalue weighted by molar-refractivity contribution is 9.10. The van der Waals surface area contributed by atoms with Crippen molar-refractivity contribution >= 4 is 15.9 Å². The van der Waals surface area contributed by atoms with E-state index in [1.807, 2.05) is 6.07 Å². The maximum Gasteiger partial charge on any atom is 0.123 e. The molecule has 1 saturated carbocycles. The summed E-state index contributed by atoms with van der Waals surface area (Å²) < 4.78 is 6.94. The molecule has 0 aliphatic heterocycles. The maximum atomic E-state index is 5.83. The monoisotopic (exact) mass is 325 g/mol. The lowest BCUT2D eigenvalue weighted by molar-refractivity contribution is 0.308. The first-order valence-electron chi connectivity index (χ1n) is 7.29. The van der Waals surface area contributed by atoms with Crippen molar-refractivity contribution in [3.63, 3.8) is 0 Å². The van der Waals surface area contributed by atoms with Crippen molar-refractivity contribution in [2.75, 3.05) is 6.61 Å². The summed E-state index contributed by atoms with van der Waals surface area (Å²) in [6.07, 6.45) is 6.31. The second-order valence-electron chi connectivity index (χ2n) is 5.72. The second kappa shape index (κ2) is 6.76. The lowest BCUT2D eigenvalue weighted by Crippen LogP contribution is -2.38. The molecule has 0 spiro atoms. The lowest BCUT2D eigenvalue weighted by atomic mass is 10.0. The molecule has 1 aromatic rings. The van der Waals surface area contributed by atoms with Crippen LogP contribution in [0.2, 0.25) is 0 Å². The molecule has 1 fully saturated rings. The van der Waals surface area contributed by atoms with Crippen LogP contribution in [-0.4, -0.2) is 12.1 Å². The minimum atomic E-state index is 0.310. The Bertz CT molecular complexity index is 413. The molecule has 1 aliphatic rings. The van der Waals surface area contributed by atoms with Crippen molar-refractivity contribution in [2.45, 2.75) is 58.0 Å². The highest BCUT2D eigenvalue weighted by Crippen LogP contribution is 2.30. The maximum absolute atomic E-state index is 5.83. The molecule has 0 amide bonds. The predicted octanol–water partition coefficient (Wildman–Crippen LogP) is 4.66. The van der Waals surface area contributed by atoms with Crippen LogP contribution in [0.4, 0.5) is 0 Å². The normalized spacial score (nSPS) is 17.6. The number of hydrogen-bond acceptors (Lipinski definition) is 2. The Hall–Kier alpha value is -0.540. The van der Waals surface area contributed by atoms with Gasteiger partial charge in [0.15, 0.2) is 0 Å². The molecule has 2 rings (SSSR count). The van der Waals surface area contributed by atoms with Gasteiger partial charge in [0.2, 0.25) is 0 Å². The zero-order valence-electron chi connectivity index (χ0n) is 12.0. The van der Waals surface area contributed by atoms with Crippen LogP contribution in [0.25, 0.3) is 0 Å². The van der Waals surface area contributed by atoms with Crippen molar-refractivity contribution in [2.24, 2.45) is 0 Å². The summed E-state index contributed by atoms with van der Waals surface area (Å²) in [6, 6.07) is 6.27. The minimum Gasteiger partial charge on any atom is -0.493 e. The number of benzene rings is 1.